The fourth-order valence-corrected chi connectivity index (χ4v) is 1.83. The van der Waals surface area contributed by atoms with E-state index in [0.29, 0.717) is 18.0 Å². The molecule has 6 N–H and O–H groups in total. The van der Waals surface area contributed by atoms with Gasteiger partial charge in [-0.1, -0.05) is 23.9 Å². The maximum absolute atomic E-state index is 11.8. The van der Waals surface area contributed by atoms with Gasteiger partial charge in [0, 0.05) is 0 Å². The molecule has 0 saturated carbocycles. The van der Waals surface area contributed by atoms with E-state index in [1.54, 1.807) is 18.2 Å². The van der Waals surface area contributed by atoms with Crippen LogP contribution in [0.3, 0.4) is 0 Å². The molecule has 0 aromatic heterocycles. The number of hydrogen-bond acceptors (Lipinski definition) is 4. The molecule has 20 heavy (non-hydrogen) atoms. The van der Waals surface area contributed by atoms with Crippen molar-refractivity contribution in [2.75, 3.05) is 17.7 Å². The topological polar surface area (TPSA) is 127 Å². The normalized spacial score (nSPS) is 9.65. The minimum absolute atomic E-state index is 0.0378. The largest absolute Gasteiger partial charge is 0.492 e. The van der Waals surface area contributed by atoms with E-state index in [4.69, 9.17) is 21.6 Å². The molecule has 0 fully saturated rings. The van der Waals surface area contributed by atoms with E-state index < -0.39 is 0 Å². The van der Waals surface area contributed by atoms with Crippen LogP contribution >= 0.6 is 11.8 Å². The predicted octanol–water partition coefficient (Wildman–Crippen LogP) is 0.965. The van der Waals surface area contributed by atoms with Gasteiger partial charge in [-0.05, 0) is 19.1 Å². The van der Waals surface area contributed by atoms with Crippen LogP contribution in [0, 0.1) is 5.41 Å². The fraction of sp³-hybridized carbons (Fsp3) is 0.250. The molecule has 1 amide bonds. The smallest absolute Gasteiger partial charge is 0.234 e. The third kappa shape index (κ3) is 5.61. The van der Waals surface area contributed by atoms with Gasteiger partial charge in [0.15, 0.2) is 11.1 Å². The van der Waals surface area contributed by atoms with E-state index in [0.717, 1.165) is 11.8 Å². The minimum Gasteiger partial charge on any atom is -0.492 e. The van der Waals surface area contributed by atoms with E-state index in [-0.39, 0.29) is 22.8 Å². The number of amides is 1. The number of anilines is 1. The second kappa shape index (κ2) is 8.05. The first-order valence-electron chi connectivity index (χ1n) is 5.85. The Labute approximate surface area is 121 Å². The summed E-state index contributed by atoms with van der Waals surface area (Å²) in [4.78, 5) is 15.3. The zero-order chi connectivity index (χ0) is 15.0. The van der Waals surface area contributed by atoms with Gasteiger partial charge >= 0.3 is 0 Å². The van der Waals surface area contributed by atoms with Crippen LogP contribution < -0.4 is 21.5 Å². The summed E-state index contributed by atoms with van der Waals surface area (Å²) in [6.07, 6.45) is 0. The molecule has 0 atom stereocenters. The lowest BCUT2D eigenvalue weighted by molar-refractivity contribution is -0.113. The number of rotatable bonds is 5. The highest BCUT2D eigenvalue weighted by atomic mass is 32.2. The number of nitrogens with two attached hydrogens (primary N) is 2. The third-order valence-electron chi connectivity index (χ3n) is 2.03. The van der Waals surface area contributed by atoms with Gasteiger partial charge in [-0.2, -0.15) is 4.99 Å². The van der Waals surface area contributed by atoms with Crippen molar-refractivity contribution in [3.63, 3.8) is 0 Å². The van der Waals surface area contributed by atoms with Gasteiger partial charge in [-0.3, -0.25) is 10.2 Å². The predicted molar refractivity (Wildman–Crippen MR) is 82.2 cm³/mol. The summed E-state index contributed by atoms with van der Waals surface area (Å²) in [5.74, 6) is 0.172. The van der Waals surface area contributed by atoms with E-state index in [9.17, 15) is 4.79 Å². The Hall–Kier alpha value is -2.22. The van der Waals surface area contributed by atoms with Crippen LogP contribution in [0.5, 0.6) is 5.75 Å². The highest BCUT2D eigenvalue weighted by molar-refractivity contribution is 8.14. The van der Waals surface area contributed by atoms with Gasteiger partial charge in [0.2, 0.25) is 5.91 Å². The number of ether oxygens (including phenoxy) is 1. The first-order chi connectivity index (χ1) is 9.52. The Morgan fingerprint density at radius 3 is 2.80 bits per heavy atom. The standard InChI is InChI=1S/C12H17N5O2S/c1-2-19-9-6-4-3-5-8(9)16-10(18)7-20-12(15)17-11(13)14/h3-6H,2,7H2,1H3,(H,16,18)(H5,13,14,15,17). The van der Waals surface area contributed by atoms with Crippen molar-refractivity contribution in [1.82, 2.24) is 0 Å². The number of guanidine groups is 1. The van der Waals surface area contributed by atoms with Gasteiger partial charge < -0.3 is 21.5 Å². The van der Waals surface area contributed by atoms with Crippen molar-refractivity contribution < 1.29 is 9.53 Å². The van der Waals surface area contributed by atoms with E-state index in [1.165, 1.54) is 0 Å². The van der Waals surface area contributed by atoms with Crippen molar-refractivity contribution in [3.8, 4) is 5.75 Å². The lowest BCUT2D eigenvalue weighted by Crippen LogP contribution is -2.24. The van der Waals surface area contributed by atoms with Gasteiger partial charge in [0.1, 0.15) is 5.75 Å². The summed E-state index contributed by atoms with van der Waals surface area (Å²) >= 11 is 0.934. The molecule has 0 radical (unpaired) electrons. The Bertz CT molecular complexity index is 514. The van der Waals surface area contributed by atoms with Crippen LogP contribution in [-0.4, -0.2) is 29.4 Å². The summed E-state index contributed by atoms with van der Waals surface area (Å²) in [6, 6.07) is 7.14. The number of carbonyl (C=O) groups is 1. The number of para-hydroxylation sites is 2. The zero-order valence-corrected chi connectivity index (χ0v) is 11.9. The average molecular weight is 295 g/mol. The number of carbonyl (C=O) groups excluding carboxylic acids is 1. The van der Waals surface area contributed by atoms with E-state index in [2.05, 4.69) is 10.3 Å². The number of benzene rings is 1. The molecule has 0 heterocycles. The Balaban J connectivity index is 2.54. The molecular weight excluding hydrogens is 278 g/mol. The number of hydrogen-bond donors (Lipinski definition) is 4. The molecule has 0 unspecified atom stereocenters. The van der Waals surface area contributed by atoms with Crippen molar-refractivity contribution in [1.29, 1.82) is 5.41 Å². The first kappa shape index (κ1) is 15.8. The van der Waals surface area contributed by atoms with Gasteiger partial charge in [-0.15, -0.1) is 0 Å². The molecule has 0 saturated heterocycles. The summed E-state index contributed by atoms with van der Waals surface area (Å²) in [5, 5.41) is 10.0. The fourth-order valence-electron chi connectivity index (χ4n) is 1.32. The van der Waals surface area contributed by atoms with Crippen LogP contribution in [0.2, 0.25) is 0 Å². The van der Waals surface area contributed by atoms with Crippen molar-refractivity contribution in [2.24, 2.45) is 16.5 Å². The second-order valence-corrected chi connectivity index (χ2v) is 4.57. The summed E-state index contributed by atoms with van der Waals surface area (Å²) in [6.45, 7) is 2.38. The minimum atomic E-state index is -0.266. The van der Waals surface area contributed by atoms with E-state index in [1.807, 2.05) is 13.0 Å². The molecule has 0 spiro atoms. The molecule has 0 aliphatic carbocycles. The Morgan fingerprint density at radius 1 is 1.45 bits per heavy atom. The lowest BCUT2D eigenvalue weighted by atomic mass is 10.3. The van der Waals surface area contributed by atoms with Gasteiger partial charge in [0.25, 0.3) is 0 Å². The number of amidine groups is 1. The molecule has 108 valence electrons. The molecule has 1 aromatic carbocycles. The molecular formula is C12H17N5O2S. The summed E-state index contributed by atoms with van der Waals surface area (Å²) in [5.41, 5.74) is 10.9. The SMILES string of the molecule is CCOc1ccccc1NC(=O)CSC(=N)N=C(N)N. The maximum Gasteiger partial charge on any atom is 0.234 e. The Kier molecular flexibility index (Phi) is 6.38. The quantitative estimate of drug-likeness (QED) is 0.475. The molecule has 1 rings (SSSR count). The second-order valence-electron chi connectivity index (χ2n) is 3.61. The van der Waals surface area contributed by atoms with Gasteiger partial charge in [-0.25, -0.2) is 0 Å². The van der Waals surface area contributed by atoms with Crippen LogP contribution in [0.25, 0.3) is 0 Å². The number of nitrogens with zero attached hydrogens (tertiary/aromatic N) is 1. The van der Waals surface area contributed by atoms with Crippen LogP contribution in [-0.2, 0) is 4.79 Å². The highest BCUT2D eigenvalue weighted by Crippen LogP contribution is 2.23. The summed E-state index contributed by atoms with van der Waals surface area (Å²) in [7, 11) is 0. The third-order valence-corrected chi connectivity index (χ3v) is 2.80. The van der Waals surface area contributed by atoms with Crippen molar-refractivity contribution in [3.05, 3.63) is 24.3 Å². The van der Waals surface area contributed by atoms with Crippen molar-refractivity contribution in [2.45, 2.75) is 6.92 Å². The molecule has 0 bridgehead atoms. The number of thioether (sulfide) groups is 1. The maximum atomic E-state index is 11.8. The van der Waals surface area contributed by atoms with Crippen LogP contribution in [0.15, 0.2) is 29.3 Å². The van der Waals surface area contributed by atoms with Crippen LogP contribution in [0.4, 0.5) is 5.69 Å². The molecule has 0 aliphatic rings. The number of aliphatic imine (C=N–C) groups is 1. The van der Waals surface area contributed by atoms with E-state index >= 15 is 0 Å². The summed E-state index contributed by atoms with van der Waals surface area (Å²) < 4.78 is 5.40. The monoisotopic (exact) mass is 295 g/mol. The lowest BCUT2D eigenvalue weighted by Gasteiger charge is -2.10. The average Bonchev–Trinajstić information content (AvgIpc) is 2.38. The molecule has 0 aliphatic heterocycles. The Morgan fingerprint density at radius 2 is 2.15 bits per heavy atom. The molecule has 1 aromatic rings. The first-order valence-corrected chi connectivity index (χ1v) is 6.84. The highest BCUT2D eigenvalue weighted by Gasteiger charge is 2.08. The number of nitrogens with one attached hydrogen (secondary N) is 2. The van der Waals surface area contributed by atoms with Crippen molar-refractivity contribution >= 4 is 34.5 Å². The van der Waals surface area contributed by atoms with Gasteiger partial charge in [0.05, 0.1) is 18.0 Å². The molecule has 8 heteroatoms. The molecule has 7 nitrogen and oxygen atoms in total. The van der Waals surface area contributed by atoms with Crippen LogP contribution in [0.1, 0.15) is 6.92 Å². The zero-order valence-electron chi connectivity index (χ0n) is 11.1.